The smallest absolute Gasteiger partial charge is 0.226 e. The zero-order valence-corrected chi connectivity index (χ0v) is 10.5. The van der Waals surface area contributed by atoms with Gasteiger partial charge in [-0.05, 0) is 24.3 Å². The predicted molar refractivity (Wildman–Crippen MR) is 77.6 cm³/mol. The molecule has 0 amide bonds. The molecular formula is C16H10N2O2. The Hall–Kier alpha value is -2.88. The Morgan fingerprint density at radius 3 is 2.70 bits per heavy atom. The maximum absolute atomic E-state index is 12.7. The first-order valence-electron chi connectivity index (χ1n) is 6.28. The second-order valence-corrected chi connectivity index (χ2v) is 4.57. The van der Waals surface area contributed by atoms with Gasteiger partial charge in [0, 0.05) is 10.9 Å². The van der Waals surface area contributed by atoms with Crippen LogP contribution >= 0.6 is 0 Å². The Morgan fingerprint density at radius 2 is 1.85 bits per heavy atom. The molecule has 4 nitrogen and oxygen atoms in total. The van der Waals surface area contributed by atoms with Crippen LogP contribution in [0.4, 0.5) is 0 Å². The summed E-state index contributed by atoms with van der Waals surface area (Å²) in [5.41, 5.74) is 2.31. The van der Waals surface area contributed by atoms with Crippen molar-refractivity contribution in [2.24, 2.45) is 0 Å². The zero-order chi connectivity index (χ0) is 13.5. The van der Waals surface area contributed by atoms with Crippen molar-refractivity contribution in [1.82, 2.24) is 9.97 Å². The highest BCUT2D eigenvalue weighted by molar-refractivity contribution is 5.99. The lowest BCUT2D eigenvalue weighted by molar-refractivity contribution is 0.575. The van der Waals surface area contributed by atoms with E-state index < -0.39 is 0 Å². The third kappa shape index (κ3) is 1.48. The molecule has 0 saturated carbocycles. The average Bonchev–Trinajstić information content (AvgIpc) is 3.01. The first-order chi connectivity index (χ1) is 9.84. The second kappa shape index (κ2) is 4.06. The number of hydrogen-bond donors (Lipinski definition) is 1. The van der Waals surface area contributed by atoms with Gasteiger partial charge in [-0.2, -0.15) is 0 Å². The number of pyridine rings is 1. The number of nitrogens with one attached hydrogen (secondary N) is 1. The molecule has 0 spiro atoms. The number of fused-ring (bicyclic) bond motifs is 2. The van der Waals surface area contributed by atoms with Gasteiger partial charge in [-0.25, -0.2) is 4.98 Å². The molecule has 0 saturated heterocycles. The standard InChI is InChI=1S/C16H10N2O2/c19-15-10-4-1-2-6-12(10)18-13-7-3-5-11(14(13)15)16-17-8-9-20-16/h1-9H,(H,18,19). The summed E-state index contributed by atoms with van der Waals surface area (Å²) in [5, 5.41) is 1.27. The van der Waals surface area contributed by atoms with E-state index in [1.165, 1.54) is 6.26 Å². The summed E-state index contributed by atoms with van der Waals surface area (Å²) < 4.78 is 5.33. The van der Waals surface area contributed by atoms with E-state index in [9.17, 15) is 4.79 Å². The molecular weight excluding hydrogens is 252 g/mol. The number of rotatable bonds is 1. The van der Waals surface area contributed by atoms with Gasteiger partial charge < -0.3 is 9.40 Å². The fourth-order valence-corrected chi connectivity index (χ4v) is 2.51. The molecule has 2 aromatic carbocycles. The van der Waals surface area contributed by atoms with Crippen molar-refractivity contribution in [1.29, 1.82) is 0 Å². The molecule has 4 heteroatoms. The molecule has 20 heavy (non-hydrogen) atoms. The third-order valence-electron chi connectivity index (χ3n) is 3.40. The van der Waals surface area contributed by atoms with Gasteiger partial charge in [-0.1, -0.05) is 18.2 Å². The minimum atomic E-state index is -0.0110. The van der Waals surface area contributed by atoms with Crippen molar-refractivity contribution in [3.8, 4) is 11.5 Å². The van der Waals surface area contributed by atoms with Crippen LogP contribution < -0.4 is 5.43 Å². The Bertz CT molecular complexity index is 969. The molecule has 96 valence electrons. The van der Waals surface area contributed by atoms with Crippen molar-refractivity contribution in [3.05, 3.63) is 65.1 Å². The van der Waals surface area contributed by atoms with Crippen molar-refractivity contribution in [2.75, 3.05) is 0 Å². The second-order valence-electron chi connectivity index (χ2n) is 4.57. The van der Waals surface area contributed by atoms with Crippen LogP contribution in [0.5, 0.6) is 0 Å². The van der Waals surface area contributed by atoms with E-state index in [0.717, 1.165) is 11.0 Å². The average molecular weight is 262 g/mol. The Morgan fingerprint density at radius 1 is 1.00 bits per heavy atom. The van der Waals surface area contributed by atoms with Gasteiger partial charge in [0.15, 0.2) is 5.43 Å². The van der Waals surface area contributed by atoms with Crippen LogP contribution in [0.15, 0.2) is 64.1 Å². The zero-order valence-electron chi connectivity index (χ0n) is 10.5. The van der Waals surface area contributed by atoms with E-state index in [1.54, 1.807) is 6.20 Å². The molecule has 2 heterocycles. The summed E-state index contributed by atoms with van der Waals surface area (Å²) in [6, 6.07) is 13.1. The van der Waals surface area contributed by atoms with Crippen LogP contribution in [-0.2, 0) is 0 Å². The number of aromatic nitrogens is 2. The van der Waals surface area contributed by atoms with Crippen LogP contribution in [0.1, 0.15) is 0 Å². The molecule has 2 aromatic heterocycles. The molecule has 0 aliphatic rings. The van der Waals surface area contributed by atoms with Gasteiger partial charge in [-0.15, -0.1) is 0 Å². The lowest BCUT2D eigenvalue weighted by Gasteiger charge is -2.05. The summed E-state index contributed by atoms with van der Waals surface area (Å²) in [6.45, 7) is 0. The van der Waals surface area contributed by atoms with Gasteiger partial charge in [-0.3, -0.25) is 4.79 Å². The molecule has 4 rings (SSSR count). The van der Waals surface area contributed by atoms with Gasteiger partial charge in [0.1, 0.15) is 6.26 Å². The summed E-state index contributed by atoms with van der Waals surface area (Å²) >= 11 is 0. The Labute approximate surface area is 113 Å². The minimum absolute atomic E-state index is 0.0110. The molecule has 0 unspecified atom stereocenters. The molecule has 0 bridgehead atoms. The van der Waals surface area contributed by atoms with Crippen LogP contribution in [-0.4, -0.2) is 9.97 Å². The topological polar surface area (TPSA) is 58.9 Å². The number of oxazole rings is 1. The van der Waals surface area contributed by atoms with Gasteiger partial charge in [0.25, 0.3) is 0 Å². The molecule has 0 fully saturated rings. The summed E-state index contributed by atoms with van der Waals surface area (Å²) in [6.07, 6.45) is 3.08. The van der Waals surface area contributed by atoms with Gasteiger partial charge >= 0.3 is 0 Å². The maximum atomic E-state index is 12.7. The fraction of sp³-hybridized carbons (Fsp3) is 0. The lowest BCUT2D eigenvalue weighted by Crippen LogP contribution is -2.05. The van der Waals surface area contributed by atoms with Crippen molar-refractivity contribution in [3.63, 3.8) is 0 Å². The number of hydrogen-bond acceptors (Lipinski definition) is 3. The Kier molecular flexibility index (Phi) is 2.23. The Balaban J connectivity index is 2.23. The molecule has 1 N–H and O–H groups in total. The molecule has 0 radical (unpaired) electrons. The molecule has 0 aliphatic carbocycles. The predicted octanol–water partition coefficient (Wildman–Crippen LogP) is 3.34. The van der Waals surface area contributed by atoms with Gasteiger partial charge in [0.05, 0.1) is 22.7 Å². The molecule has 0 aliphatic heterocycles. The first kappa shape index (κ1) is 11.0. The van der Waals surface area contributed by atoms with E-state index in [-0.39, 0.29) is 5.43 Å². The van der Waals surface area contributed by atoms with Crippen molar-refractivity contribution >= 4 is 21.8 Å². The minimum Gasteiger partial charge on any atom is -0.445 e. The number of nitrogens with zero attached hydrogens (tertiary/aromatic N) is 1. The normalized spacial score (nSPS) is 11.2. The highest BCUT2D eigenvalue weighted by Crippen LogP contribution is 2.25. The quantitative estimate of drug-likeness (QED) is 0.535. The van der Waals surface area contributed by atoms with Crippen molar-refractivity contribution in [2.45, 2.75) is 0 Å². The van der Waals surface area contributed by atoms with Crippen LogP contribution in [0.3, 0.4) is 0 Å². The van der Waals surface area contributed by atoms with Crippen LogP contribution in [0.25, 0.3) is 33.3 Å². The SMILES string of the molecule is O=c1c2ccccc2[nH]c2cccc(-c3ncco3)c12. The summed E-state index contributed by atoms with van der Waals surface area (Å²) in [5.74, 6) is 0.455. The van der Waals surface area contributed by atoms with E-state index in [4.69, 9.17) is 4.42 Å². The number of H-pyrrole nitrogens is 1. The van der Waals surface area contributed by atoms with Crippen LogP contribution in [0, 0.1) is 0 Å². The molecule has 0 atom stereocenters. The van der Waals surface area contributed by atoms with E-state index in [1.807, 2.05) is 42.5 Å². The lowest BCUT2D eigenvalue weighted by atomic mass is 10.0. The number of para-hydroxylation sites is 1. The third-order valence-corrected chi connectivity index (χ3v) is 3.40. The van der Waals surface area contributed by atoms with Crippen molar-refractivity contribution < 1.29 is 4.42 Å². The number of benzene rings is 2. The monoisotopic (exact) mass is 262 g/mol. The first-order valence-corrected chi connectivity index (χ1v) is 6.28. The van der Waals surface area contributed by atoms with E-state index in [2.05, 4.69) is 9.97 Å². The largest absolute Gasteiger partial charge is 0.445 e. The summed E-state index contributed by atoms with van der Waals surface area (Å²) in [7, 11) is 0. The van der Waals surface area contributed by atoms with E-state index in [0.29, 0.717) is 22.2 Å². The van der Waals surface area contributed by atoms with E-state index >= 15 is 0 Å². The highest BCUT2D eigenvalue weighted by atomic mass is 16.3. The fourth-order valence-electron chi connectivity index (χ4n) is 2.51. The van der Waals surface area contributed by atoms with Gasteiger partial charge in [0.2, 0.25) is 5.89 Å². The molecule has 4 aromatic rings. The van der Waals surface area contributed by atoms with Crippen LogP contribution in [0.2, 0.25) is 0 Å². The number of aromatic amines is 1. The maximum Gasteiger partial charge on any atom is 0.226 e. The summed E-state index contributed by atoms with van der Waals surface area (Å²) in [4.78, 5) is 20.1. The highest BCUT2D eigenvalue weighted by Gasteiger charge is 2.12.